The molecule has 0 bridgehead atoms. The van der Waals surface area contributed by atoms with Gasteiger partial charge < -0.3 is 9.32 Å². The second kappa shape index (κ2) is 6.15. The molecular weight excluding hydrogens is 214 g/mol. The number of aryl methyl sites for hydroxylation is 1. The zero-order valence-corrected chi connectivity index (χ0v) is 10.0. The SMILES string of the molecule is CN(CCCc1nnco1)Cc1ccccc1. The highest BCUT2D eigenvalue weighted by Gasteiger charge is 2.02. The number of benzene rings is 1. The molecule has 17 heavy (non-hydrogen) atoms. The third kappa shape index (κ3) is 4.00. The van der Waals surface area contributed by atoms with Crippen molar-refractivity contribution in [2.75, 3.05) is 13.6 Å². The van der Waals surface area contributed by atoms with E-state index in [0.29, 0.717) is 0 Å². The standard InChI is InChI=1S/C13H17N3O/c1-16(10-12-6-3-2-4-7-12)9-5-8-13-15-14-11-17-13/h2-4,6-7,11H,5,8-10H2,1H3. The maximum atomic E-state index is 5.09. The van der Waals surface area contributed by atoms with E-state index < -0.39 is 0 Å². The Bertz CT molecular complexity index is 413. The van der Waals surface area contributed by atoms with Crippen LogP contribution < -0.4 is 0 Å². The summed E-state index contributed by atoms with van der Waals surface area (Å²) in [6.07, 6.45) is 3.26. The molecule has 4 nitrogen and oxygen atoms in total. The topological polar surface area (TPSA) is 42.2 Å². The largest absolute Gasteiger partial charge is 0.428 e. The van der Waals surface area contributed by atoms with Crippen LogP contribution >= 0.6 is 0 Å². The second-order valence-electron chi connectivity index (χ2n) is 4.16. The first-order valence-electron chi connectivity index (χ1n) is 5.82. The van der Waals surface area contributed by atoms with Gasteiger partial charge in [0, 0.05) is 13.0 Å². The van der Waals surface area contributed by atoms with Gasteiger partial charge in [0.15, 0.2) is 0 Å². The van der Waals surface area contributed by atoms with E-state index in [-0.39, 0.29) is 0 Å². The molecule has 0 aliphatic carbocycles. The minimum atomic E-state index is 0.720. The summed E-state index contributed by atoms with van der Waals surface area (Å²) in [5.41, 5.74) is 1.34. The Labute approximate surface area is 101 Å². The van der Waals surface area contributed by atoms with Crippen molar-refractivity contribution < 1.29 is 4.42 Å². The van der Waals surface area contributed by atoms with Crippen molar-refractivity contribution in [2.45, 2.75) is 19.4 Å². The minimum absolute atomic E-state index is 0.720. The van der Waals surface area contributed by atoms with Crippen molar-refractivity contribution >= 4 is 0 Å². The molecule has 0 spiro atoms. The van der Waals surface area contributed by atoms with Gasteiger partial charge in [-0.15, -0.1) is 10.2 Å². The summed E-state index contributed by atoms with van der Waals surface area (Å²) in [6.45, 7) is 2.00. The van der Waals surface area contributed by atoms with Crippen LogP contribution in [0.5, 0.6) is 0 Å². The molecule has 0 fully saturated rings. The molecular formula is C13H17N3O. The summed E-state index contributed by atoms with van der Waals surface area (Å²) in [4.78, 5) is 2.30. The molecule has 2 aromatic rings. The molecule has 0 saturated heterocycles. The van der Waals surface area contributed by atoms with Crippen LogP contribution in [0.15, 0.2) is 41.1 Å². The number of hydrogen-bond donors (Lipinski definition) is 0. The maximum Gasteiger partial charge on any atom is 0.216 e. The smallest absolute Gasteiger partial charge is 0.216 e. The van der Waals surface area contributed by atoms with Crippen LogP contribution in [0.4, 0.5) is 0 Å². The van der Waals surface area contributed by atoms with Crippen molar-refractivity contribution in [1.82, 2.24) is 15.1 Å². The Morgan fingerprint density at radius 2 is 2.06 bits per heavy atom. The monoisotopic (exact) mass is 231 g/mol. The molecule has 1 aromatic carbocycles. The molecule has 1 aromatic heterocycles. The Balaban J connectivity index is 1.69. The van der Waals surface area contributed by atoms with Crippen LogP contribution in [0.2, 0.25) is 0 Å². The van der Waals surface area contributed by atoms with Crippen LogP contribution in [-0.4, -0.2) is 28.7 Å². The van der Waals surface area contributed by atoms with E-state index in [9.17, 15) is 0 Å². The molecule has 0 amide bonds. The summed E-state index contributed by atoms with van der Waals surface area (Å²) < 4.78 is 5.09. The highest BCUT2D eigenvalue weighted by molar-refractivity contribution is 5.14. The molecule has 0 saturated carbocycles. The van der Waals surface area contributed by atoms with Gasteiger partial charge in [-0.3, -0.25) is 0 Å². The van der Waals surface area contributed by atoms with Crippen LogP contribution in [0.1, 0.15) is 17.9 Å². The van der Waals surface area contributed by atoms with Gasteiger partial charge in [-0.1, -0.05) is 30.3 Å². The normalized spacial score (nSPS) is 10.9. The van der Waals surface area contributed by atoms with Gasteiger partial charge in [-0.2, -0.15) is 0 Å². The van der Waals surface area contributed by atoms with E-state index in [1.807, 2.05) is 6.07 Å². The maximum absolute atomic E-state index is 5.09. The quantitative estimate of drug-likeness (QED) is 0.763. The molecule has 2 rings (SSSR count). The number of hydrogen-bond acceptors (Lipinski definition) is 4. The summed E-state index contributed by atoms with van der Waals surface area (Å²) in [6, 6.07) is 10.5. The van der Waals surface area contributed by atoms with Crippen LogP contribution in [0.3, 0.4) is 0 Å². The van der Waals surface area contributed by atoms with E-state index in [0.717, 1.165) is 31.8 Å². The molecule has 90 valence electrons. The van der Waals surface area contributed by atoms with Crippen molar-refractivity contribution in [3.63, 3.8) is 0 Å². The lowest BCUT2D eigenvalue weighted by atomic mass is 10.2. The van der Waals surface area contributed by atoms with E-state index in [2.05, 4.69) is 46.4 Å². The van der Waals surface area contributed by atoms with Crippen LogP contribution in [0.25, 0.3) is 0 Å². The van der Waals surface area contributed by atoms with E-state index in [1.54, 1.807) is 0 Å². The number of rotatable bonds is 6. The first kappa shape index (κ1) is 11.8. The Morgan fingerprint density at radius 1 is 1.24 bits per heavy atom. The van der Waals surface area contributed by atoms with Crippen LogP contribution in [0, 0.1) is 0 Å². The molecule has 0 radical (unpaired) electrons. The fourth-order valence-corrected chi connectivity index (χ4v) is 1.78. The van der Waals surface area contributed by atoms with Gasteiger partial charge >= 0.3 is 0 Å². The Kier molecular flexibility index (Phi) is 4.27. The zero-order valence-electron chi connectivity index (χ0n) is 10.0. The summed E-state index contributed by atoms with van der Waals surface area (Å²) >= 11 is 0. The molecule has 4 heteroatoms. The highest BCUT2D eigenvalue weighted by atomic mass is 16.4. The lowest BCUT2D eigenvalue weighted by Gasteiger charge is -2.15. The lowest BCUT2D eigenvalue weighted by Crippen LogP contribution is -2.19. The van der Waals surface area contributed by atoms with Gasteiger partial charge in [0.1, 0.15) is 0 Å². The summed E-state index contributed by atoms with van der Waals surface area (Å²) in [5.74, 6) is 0.720. The predicted molar refractivity (Wildman–Crippen MR) is 65.4 cm³/mol. The summed E-state index contributed by atoms with van der Waals surface area (Å²) in [5, 5.41) is 7.52. The average Bonchev–Trinajstić information content (AvgIpc) is 2.83. The van der Waals surface area contributed by atoms with E-state index >= 15 is 0 Å². The molecule has 0 N–H and O–H groups in total. The van der Waals surface area contributed by atoms with E-state index in [4.69, 9.17) is 4.42 Å². The van der Waals surface area contributed by atoms with Crippen molar-refractivity contribution in [2.24, 2.45) is 0 Å². The Hall–Kier alpha value is -1.68. The van der Waals surface area contributed by atoms with Crippen molar-refractivity contribution in [3.8, 4) is 0 Å². The van der Waals surface area contributed by atoms with Gasteiger partial charge in [0.2, 0.25) is 12.3 Å². The average molecular weight is 231 g/mol. The fraction of sp³-hybridized carbons (Fsp3) is 0.385. The fourth-order valence-electron chi connectivity index (χ4n) is 1.78. The van der Waals surface area contributed by atoms with Crippen LogP contribution in [-0.2, 0) is 13.0 Å². The third-order valence-corrected chi connectivity index (χ3v) is 2.63. The summed E-state index contributed by atoms with van der Waals surface area (Å²) in [7, 11) is 2.13. The highest BCUT2D eigenvalue weighted by Crippen LogP contribution is 2.04. The minimum Gasteiger partial charge on any atom is -0.428 e. The first-order valence-corrected chi connectivity index (χ1v) is 5.82. The molecule has 1 heterocycles. The van der Waals surface area contributed by atoms with Gasteiger partial charge in [-0.05, 0) is 25.6 Å². The molecule has 0 unspecified atom stereocenters. The molecule has 0 atom stereocenters. The number of nitrogens with zero attached hydrogens (tertiary/aromatic N) is 3. The number of aromatic nitrogens is 2. The van der Waals surface area contributed by atoms with E-state index in [1.165, 1.54) is 12.0 Å². The van der Waals surface area contributed by atoms with Crippen molar-refractivity contribution in [1.29, 1.82) is 0 Å². The molecule has 0 aliphatic heterocycles. The Morgan fingerprint density at radius 3 is 2.76 bits per heavy atom. The second-order valence-corrected chi connectivity index (χ2v) is 4.16. The van der Waals surface area contributed by atoms with Gasteiger partial charge in [0.05, 0.1) is 0 Å². The third-order valence-electron chi connectivity index (χ3n) is 2.63. The molecule has 0 aliphatic rings. The van der Waals surface area contributed by atoms with Crippen molar-refractivity contribution in [3.05, 3.63) is 48.2 Å². The first-order chi connectivity index (χ1) is 8.34. The zero-order chi connectivity index (χ0) is 11.9. The lowest BCUT2D eigenvalue weighted by molar-refractivity contribution is 0.317. The van der Waals surface area contributed by atoms with Gasteiger partial charge in [-0.25, -0.2) is 0 Å². The predicted octanol–water partition coefficient (Wildman–Crippen LogP) is 2.13. The van der Waals surface area contributed by atoms with Gasteiger partial charge in [0.25, 0.3) is 0 Å².